The molecule has 0 heterocycles. The molecule has 0 unspecified atom stereocenters. The second-order valence-electron chi connectivity index (χ2n) is 5.57. The van der Waals surface area contributed by atoms with Gasteiger partial charge in [0.05, 0.1) is 25.5 Å². The zero-order valence-corrected chi connectivity index (χ0v) is 15.5. The smallest absolute Gasteiger partial charge is 0.341 e. The molecule has 8 nitrogen and oxygen atoms in total. The van der Waals surface area contributed by atoms with Crippen LogP contribution in [0.4, 0.5) is 15.8 Å². The lowest BCUT2D eigenvalue weighted by Crippen LogP contribution is -2.21. The van der Waals surface area contributed by atoms with Crippen molar-refractivity contribution in [2.75, 3.05) is 31.5 Å². The Morgan fingerprint density at radius 3 is 2.36 bits per heavy atom. The summed E-state index contributed by atoms with van der Waals surface area (Å²) < 4.78 is 28.7. The van der Waals surface area contributed by atoms with Crippen LogP contribution >= 0.6 is 0 Å². The molecule has 0 saturated heterocycles. The predicted molar refractivity (Wildman–Crippen MR) is 99.2 cm³/mol. The summed E-state index contributed by atoms with van der Waals surface area (Å²) in [6.07, 6.45) is 0. The number of halogens is 1. The van der Waals surface area contributed by atoms with Crippen molar-refractivity contribution in [1.82, 2.24) is 0 Å². The average Bonchev–Trinajstić information content (AvgIpc) is 2.65. The lowest BCUT2D eigenvalue weighted by atomic mass is 10.2. The van der Waals surface area contributed by atoms with Gasteiger partial charge in [-0.15, -0.1) is 0 Å². The highest BCUT2D eigenvalue weighted by Gasteiger charge is 2.16. The maximum Gasteiger partial charge on any atom is 0.341 e. The van der Waals surface area contributed by atoms with E-state index >= 15 is 0 Å². The van der Waals surface area contributed by atoms with Gasteiger partial charge in [-0.2, -0.15) is 0 Å². The van der Waals surface area contributed by atoms with E-state index in [0.29, 0.717) is 11.4 Å². The molecule has 2 amide bonds. The number of carbonyl (C=O) groups is 3. The first kappa shape index (κ1) is 20.7. The molecule has 2 aromatic carbocycles. The maximum absolute atomic E-state index is 13.9. The van der Waals surface area contributed by atoms with Crippen LogP contribution < -0.4 is 20.1 Å². The average molecular weight is 390 g/mol. The largest absolute Gasteiger partial charge is 0.497 e. The van der Waals surface area contributed by atoms with E-state index in [4.69, 9.17) is 14.2 Å². The zero-order valence-electron chi connectivity index (χ0n) is 15.5. The summed E-state index contributed by atoms with van der Waals surface area (Å²) >= 11 is 0. The van der Waals surface area contributed by atoms with E-state index < -0.39 is 24.3 Å². The Hall–Kier alpha value is -3.62. The van der Waals surface area contributed by atoms with Gasteiger partial charge in [0.25, 0.3) is 5.91 Å². The van der Waals surface area contributed by atoms with Crippen LogP contribution in [0.25, 0.3) is 0 Å². The summed E-state index contributed by atoms with van der Waals surface area (Å²) in [5.41, 5.74) is 0.394. The van der Waals surface area contributed by atoms with Crippen LogP contribution in [0.2, 0.25) is 0 Å². The molecular formula is C19H19FN2O6. The number of nitrogens with one attached hydrogen (secondary N) is 2. The van der Waals surface area contributed by atoms with Gasteiger partial charge < -0.3 is 24.8 Å². The fraction of sp³-hybridized carbons (Fsp3) is 0.211. The van der Waals surface area contributed by atoms with E-state index in [1.165, 1.54) is 39.3 Å². The number of carbonyl (C=O) groups excluding carboxylic acids is 3. The Morgan fingerprint density at radius 1 is 1.00 bits per heavy atom. The normalized spacial score (nSPS) is 10.0. The van der Waals surface area contributed by atoms with Gasteiger partial charge in [0.2, 0.25) is 5.91 Å². The van der Waals surface area contributed by atoms with Crippen LogP contribution in [0.5, 0.6) is 11.5 Å². The zero-order chi connectivity index (χ0) is 20.7. The Kier molecular flexibility index (Phi) is 6.91. The second-order valence-corrected chi connectivity index (χ2v) is 5.57. The molecule has 28 heavy (non-hydrogen) atoms. The van der Waals surface area contributed by atoms with Crippen LogP contribution in [0.15, 0.2) is 36.4 Å². The third-order valence-corrected chi connectivity index (χ3v) is 3.52. The summed E-state index contributed by atoms with van der Waals surface area (Å²) in [5, 5.41) is 5.08. The predicted octanol–water partition coefficient (Wildman–Crippen LogP) is 2.60. The summed E-state index contributed by atoms with van der Waals surface area (Å²) in [7, 11) is 2.78. The maximum atomic E-state index is 13.9. The minimum atomic E-state index is -0.991. The van der Waals surface area contributed by atoms with Crippen LogP contribution in [-0.2, 0) is 14.3 Å². The fourth-order valence-corrected chi connectivity index (χ4v) is 2.27. The first-order chi connectivity index (χ1) is 13.3. The molecule has 0 fully saturated rings. The van der Waals surface area contributed by atoms with Crippen molar-refractivity contribution in [3.63, 3.8) is 0 Å². The number of methoxy groups -OCH3 is 2. The first-order valence-electron chi connectivity index (χ1n) is 8.10. The van der Waals surface area contributed by atoms with E-state index in [9.17, 15) is 18.8 Å². The van der Waals surface area contributed by atoms with Crippen molar-refractivity contribution >= 4 is 29.2 Å². The second kappa shape index (κ2) is 9.36. The molecular weight excluding hydrogens is 371 g/mol. The molecule has 0 saturated carbocycles. The molecule has 2 aromatic rings. The summed E-state index contributed by atoms with van der Waals surface area (Å²) in [6, 6.07) is 8.28. The van der Waals surface area contributed by atoms with E-state index in [-0.39, 0.29) is 22.9 Å². The molecule has 0 aliphatic rings. The van der Waals surface area contributed by atoms with Gasteiger partial charge in [0, 0.05) is 18.7 Å². The lowest BCUT2D eigenvalue weighted by molar-refractivity contribution is -0.119. The van der Waals surface area contributed by atoms with E-state index in [2.05, 4.69) is 10.6 Å². The molecule has 0 radical (unpaired) electrons. The third kappa shape index (κ3) is 5.44. The van der Waals surface area contributed by atoms with Crippen molar-refractivity contribution in [3.05, 3.63) is 47.8 Å². The highest BCUT2D eigenvalue weighted by atomic mass is 19.1. The van der Waals surface area contributed by atoms with Crippen molar-refractivity contribution < 1.29 is 33.0 Å². The van der Waals surface area contributed by atoms with Crippen molar-refractivity contribution in [2.45, 2.75) is 6.92 Å². The molecule has 0 aromatic heterocycles. The number of amides is 2. The number of rotatable bonds is 7. The minimum Gasteiger partial charge on any atom is -0.497 e. The number of hydrogen-bond donors (Lipinski definition) is 2. The molecule has 0 atom stereocenters. The number of benzene rings is 2. The monoisotopic (exact) mass is 390 g/mol. The number of ether oxygens (including phenoxy) is 3. The lowest BCUT2D eigenvalue weighted by Gasteiger charge is -2.12. The van der Waals surface area contributed by atoms with E-state index in [1.54, 1.807) is 12.1 Å². The minimum absolute atomic E-state index is 0.248. The molecule has 2 rings (SSSR count). The van der Waals surface area contributed by atoms with Gasteiger partial charge in [-0.1, -0.05) is 0 Å². The number of hydrogen-bond acceptors (Lipinski definition) is 6. The Balaban J connectivity index is 2.02. The highest BCUT2D eigenvalue weighted by molar-refractivity contribution is 5.97. The molecule has 0 aliphatic carbocycles. The number of esters is 1. The molecule has 0 spiro atoms. The summed E-state index contributed by atoms with van der Waals surface area (Å²) in [6.45, 7) is 0.706. The van der Waals surface area contributed by atoms with Crippen LogP contribution in [0, 0.1) is 5.82 Å². The molecule has 2 N–H and O–H groups in total. The Morgan fingerprint density at radius 2 is 1.75 bits per heavy atom. The fourth-order valence-electron chi connectivity index (χ4n) is 2.27. The van der Waals surface area contributed by atoms with Crippen LogP contribution in [0.1, 0.15) is 17.3 Å². The SMILES string of the molecule is COc1ccc(C(=O)OCC(=O)Nc2cc(NC(C)=O)ccc2OC)c(F)c1. The van der Waals surface area contributed by atoms with Crippen molar-refractivity contribution in [1.29, 1.82) is 0 Å². The summed E-state index contributed by atoms with van der Waals surface area (Å²) in [4.78, 5) is 35.2. The third-order valence-electron chi connectivity index (χ3n) is 3.52. The molecule has 9 heteroatoms. The van der Waals surface area contributed by atoms with Crippen molar-refractivity contribution in [3.8, 4) is 11.5 Å². The van der Waals surface area contributed by atoms with Gasteiger partial charge >= 0.3 is 5.97 Å². The topological polar surface area (TPSA) is 103 Å². The van der Waals surface area contributed by atoms with Gasteiger partial charge in [-0.3, -0.25) is 9.59 Å². The summed E-state index contributed by atoms with van der Waals surface area (Å²) in [5.74, 6) is -2.17. The van der Waals surface area contributed by atoms with Gasteiger partial charge in [0.1, 0.15) is 17.3 Å². The molecule has 0 aliphatic heterocycles. The molecule has 148 valence electrons. The Labute approximate surface area is 160 Å². The quantitative estimate of drug-likeness (QED) is 0.705. The van der Waals surface area contributed by atoms with Gasteiger partial charge in [-0.25, -0.2) is 9.18 Å². The highest BCUT2D eigenvalue weighted by Crippen LogP contribution is 2.27. The van der Waals surface area contributed by atoms with Gasteiger partial charge in [-0.05, 0) is 30.3 Å². The van der Waals surface area contributed by atoms with Crippen LogP contribution in [-0.4, -0.2) is 38.6 Å². The standard InChI is InChI=1S/C19H19FN2O6/c1-11(23)21-12-4-7-17(27-3)16(8-12)22-18(24)10-28-19(25)14-6-5-13(26-2)9-15(14)20/h4-9H,10H2,1-3H3,(H,21,23)(H,22,24). The van der Waals surface area contributed by atoms with Crippen LogP contribution in [0.3, 0.4) is 0 Å². The number of anilines is 2. The van der Waals surface area contributed by atoms with Crippen molar-refractivity contribution in [2.24, 2.45) is 0 Å². The van der Waals surface area contributed by atoms with Gasteiger partial charge in [0.15, 0.2) is 6.61 Å². The van der Waals surface area contributed by atoms with E-state index in [0.717, 1.165) is 6.07 Å². The Bertz CT molecular complexity index is 900. The molecule has 0 bridgehead atoms. The van der Waals surface area contributed by atoms with E-state index in [1.807, 2.05) is 0 Å². The first-order valence-corrected chi connectivity index (χ1v) is 8.10.